The minimum atomic E-state index is -4.95. The van der Waals surface area contributed by atoms with Crippen molar-refractivity contribution < 1.29 is 40.5 Å². The second-order valence-corrected chi connectivity index (χ2v) is 13.4. The molecule has 0 saturated carbocycles. The van der Waals surface area contributed by atoms with Gasteiger partial charge in [0.15, 0.2) is 5.75 Å². The van der Waals surface area contributed by atoms with Gasteiger partial charge in [-0.1, -0.05) is 23.7 Å². The van der Waals surface area contributed by atoms with Crippen LogP contribution in [0.25, 0.3) is 10.8 Å². The van der Waals surface area contributed by atoms with Crippen LogP contribution in [0.4, 0.5) is 45.5 Å². The van der Waals surface area contributed by atoms with Crippen LogP contribution in [0.1, 0.15) is 0 Å². The van der Waals surface area contributed by atoms with E-state index in [0.29, 0.717) is 10.7 Å². The number of azo groups is 3. The molecule has 0 spiro atoms. The number of hydrogen-bond acceptors (Lipinski definition) is 15. The molecule has 0 heterocycles. The molecule has 5 aromatic carbocycles. The average molecular weight is 741 g/mol. The number of nitrogens with zero attached hydrogens (tertiary/aromatic N) is 6. The van der Waals surface area contributed by atoms with E-state index in [2.05, 4.69) is 30.7 Å². The second-order valence-electron chi connectivity index (χ2n) is 10.2. The van der Waals surface area contributed by atoms with Crippen molar-refractivity contribution in [2.24, 2.45) is 30.7 Å². The number of aromatic hydroxyl groups is 1. The van der Waals surface area contributed by atoms with Crippen molar-refractivity contribution in [3.63, 3.8) is 0 Å². The third-order valence-corrected chi connectivity index (χ3v) is 8.86. The first-order valence-corrected chi connectivity index (χ1v) is 17.1. The van der Waals surface area contributed by atoms with Crippen LogP contribution >= 0.6 is 11.6 Å². The molecule has 0 atom stereocenters. The molecule has 258 valence electrons. The monoisotopic (exact) mass is 740 g/mol. The summed E-state index contributed by atoms with van der Waals surface area (Å²) in [7, 11) is -6.93. The highest BCUT2D eigenvalue weighted by Gasteiger charge is 2.23. The minimum absolute atomic E-state index is 0.0213. The Morgan fingerprint density at radius 2 is 1.22 bits per heavy atom. The summed E-state index contributed by atoms with van der Waals surface area (Å²) in [6.45, 7) is 0. The van der Waals surface area contributed by atoms with Crippen LogP contribution in [-0.4, -0.2) is 45.3 Å². The number of phenols is 1. The third-order valence-electron chi connectivity index (χ3n) is 6.84. The molecule has 0 aliphatic heterocycles. The zero-order valence-electron chi connectivity index (χ0n) is 25.8. The van der Waals surface area contributed by atoms with Gasteiger partial charge in [0.25, 0.3) is 20.2 Å². The van der Waals surface area contributed by atoms with Crippen LogP contribution in [-0.2, 0) is 20.2 Å². The largest absolute Gasteiger partial charge is 0.505 e. The second kappa shape index (κ2) is 14.0. The molecular formula is C30H25ClN8O9S2. The number of halogens is 1. The predicted octanol–water partition coefficient (Wildman–Crippen LogP) is 8.12. The van der Waals surface area contributed by atoms with Gasteiger partial charge in [-0.3, -0.25) is 9.11 Å². The van der Waals surface area contributed by atoms with E-state index >= 15 is 0 Å². The summed E-state index contributed by atoms with van der Waals surface area (Å²) in [5, 5.41) is 36.2. The molecule has 0 aliphatic carbocycles. The standard InChI is InChI=1S/C30H25ClN8O9S2/c1-47-25-13-24(26(48-2)12-23(25)37-34-17-5-3-4-16(31)9-17)38-39-29-28(50(44,45)46)8-15-6-7-18(10-19(15)30(29)40)35-36-22-14-27(49(41,42)43)21(33)11-20(22)32/h3-14,40H,32-33H2,1-2H3,(H,41,42,43)(H,44,45,46). The predicted molar refractivity (Wildman–Crippen MR) is 184 cm³/mol. The summed E-state index contributed by atoms with van der Waals surface area (Å²) in [5.74, 6) is -0.400. The number of nitrogen functional groups attached to an aromatic ring is 2. The normalized spacial score (nSPS) is 12.4. The first-order valence-electron chi connectivity index (χ1n) is 13.8. The third kappa shape index (κ3) is 7.77. The molecule has 7 N–H and O–H groups in total. The van der Waals surface area contributed by atoms with Crippen LogP contribution < -0.4 is 20.9 Å². The molecule has 0 fully saturated rings. The zero-order valence-corrected chi connectivity index (χ0v) is 28.1. The maximum Gasteiger partial charge on any atom is 0.296 e. The van der Waals surface area contributed by atoms with E-state index in [1.807, 2.05) is 0 Å². The Morgan fingerprint density at radius 1 is 0.640 bits per heavy atom. The Morgan fingerprint density at radius 3 is 1.80 bits per heavy atom. The van der Waals surface area contributed by atoms with Crippen molar-refractivity contribution >= 4 is 88.1 Å². The van der Waals surface area contributed by atoms with Gasteiger partial charge in [0, 0.05) is 22.5 Å². The van der Waals surface area contributed by atoms with Crippen molar-refractivity contribution in [3.05, 3.63) is 77.8 Å². The molecule has 0 amide bonds. The Labute approximate surface area is 289 Å². The lowest BCUT2D eigenvalue weighted by Gasteiger charge is -2.11. The summed E-state index contributed by atoms with van der Waals surface area (Å²) < 4.78 is 78.3. The van der Waals surface area contributed by atoms with Gasteiger partial charge in [0.2, 0.25) is 0 Å². The molecule has 20 heteroatoms. The SMILES string of the molecule is COc1cc(N=Nc2c(S(=O)(=O)O)cc3ccc(N=Nc4cc(S(=O)(=O)O)c(N)cc4N)cc3c2O)c(OC)cc1N=Nc1cccc(Cl)c1. The van der Waals surface area contributed by atoms with E-state index in [-0.39, 0.29) is 56.4 Å². The summed E-state index contributed by atoms with van der Waals surface area (Å²) in [4.78, 5) is -1.39. The molecule has 0 unspecified atom stereocenters. The minimum Gasteiger partial charge on any atom is -0.505 e. The van der Waals surface area contributed by atoms with Gasteiger partial charge in [0.1, 0.15) is 44.0 Å². The zero-order chi connectivity index (χ0) is 36.4. The fraction of sp³-hybridized carbons (Fsp3) is 0.0667. The maximum atomic E-state index is 12.4. The van der Waals surface area contributed by atoms with Crippen molar-refractivity contribution in [1.82, 2.24) is 0 Å². The highest BCUT2D eigenvalue weighted by Crippen LogP contribution is 2.45. The van der Waals surface area contributed by atoms with Gasteiger partial charge in [-0.25, -0.2) is 0 Å². The van der Waals surface area contributed by atoms with Crippen molar-refractivity contribution in [2.45, 2.75) is 9.79 Å². The number of rotatable bonds is 10. The Bertz CT molecular complexity index is 2480. The Balaban J connectivity index is 1.57. The lowest BCUT2D eigenvalue weighted by Crippen LogP contribution is -2.04. The number of anilines is 2. The summed E-state index contributed by atoms with van der Waals surface area (Å²) >= 11 is 6.01. The molecule has 0 bridgehead atoms. The number of methoxy groups -OCH3 is 2. The van der Waals surface area contributed by atoms with E-state index < -0.39 is 41.5 Å². The van der Waals surface area contributed by atoms with Gasteiger partial charge < -0.3 is 26.0 Å². The lowest BCUT2D eigenvalue weighted by molar-refractivity contribution is 0.405. The first-order chi connectivity index (χ1) is 23.6. The maximum absolute atomic E-state index is 12.4. The molecule has 5 rings (SSSR count). The van der Waals surface area contributed by atoms with Gasteiger partial charge in [-0.2, -0.15) is 27.1 Å². The van der Waals surface area contributed by atoms with Gasteiger partial charge in [0.05, 0.1) is 37.0 Å². The summed E-state index contributed by atoms with van der Waals surface area (Å²) in [6.07, 6.45) is 0. The fourth-order valence-corrected chi connectivity index (χ4v) is 5.94. The van der Waals surface area contributed by atoms with Crippen LogP contribution in [0.2, 0.25) is 5.02 Å². The molecule has 5 aromatic rings. The first kappa shape index (κ1) is 35.6. The van der Waals surface area contributed by atoms with Crippen LogP contribution in [0.3, 0.4) is 0 Å². The van der Waals surface area contributed by atoms with Crippen LogP contribution in [0, 0.1) is 0 Å². The molecule has 0 aromatic heterocycles. The van der Waals surface area contributed by atoms with Crippen LogP contribution in [0.15, 0.2) is 113 Å². The van der Waals surface area contributed by atoms with Crippen molar-refractivity contribution in [3.8, 4) is 17.2 Å². The average Bonchev–Trinajstić information content (AvgIpc) is 3.05. The summed E-state index contributed by atoms with van der Waals surface area (Å²) in [6, 6.07) is 16.6. The number of ether oxygens (including phenoxy) is 2. The van der Waals surface area contributed by atoms with Gasteiger partial charge in [-0.15, -0.1) is 20.5 Å². The molecule has 17 nitrogen and oxygen atoms in total. The number of fused-ring (bicyclic) bond motifs is 1. The van der Waals surface area contributed by atoms with Crippen LogP contribution in [0.5, 0.6) is 17.2 Å². The number of nitrogens with two attached hydrogens (primary N) is 2. The highest BCUT2D eigenvalue weighted by atomic mass is 35.5. The number of phenolic OH excluding ortho intramolecular Hbond substituents is 1. The lowest BCUT2D eigenvalue weighted by atomic mass is 10.1. The van der Waals surface area contributed by atoms with Gasteiger partial charge in [-0.05, 0) is 53.9 Å². The van der Waals surface area contributed by atoms with E-state index in [1.165, 1.54) is 44.6 Å². The van der Waals surface area contributed by atoms with Gasteiger partial charge >= 0.3 is 0 Å². The van der Waals surface area contributed by atoms with E-state index in [9.17, 15) is 31.0 Å². The smallest absolute Gasteiger partial charge is 0.296 e. The number of hydrogen-bond donors (Lipinski definition) is 5. The topological polar surface area (TPSA) is 274 Å². The van der Waals surface area contributed by atoms with Crippen molar-refractivity contribution in [1.29, 1.82) is 0 Å². The number of benzene rings is 5. The molecule has 0 aliphatic rings. The highest BCUT2D eigenvalue weighted by molar-refractivity contribution is 7.86. The quantitative estimate of drug-likeness (QED) is 0.0517. The fourth-order valence-electron chi connectivity index (χ4n) is 4.49. The molecule has 0 saturated heterocycles. The summed E-state index contributed by atoms with van der Waals surface area (Å²) in [5.41, 5.74) is 11.2. The van der Waals surface area contributed by atoms with E-state index in [4.69, 9.17) is 32.5 Å². The van der Waals surface area contributed by atoms with E-state index in [0.717, 1.165) is 18.2 Å². The van der Waals surface area contributed by atoms with E-state index in [1.54, 1.807) is 24.3 Å². The Kier molecular flexibility index (Phi) is 9.97. The molecular weight excluding hydrogens is 716 g/mol. The molecule has 0 radical (unpaired) electrons. The molecule has 50 heavy (non-hydrogen) atoms. The van der Waals surface area contributed by atoms with Crippen molar-refractivity contribution in [2.75, 3.05) is 25.7 Å². The Hall–Kier alpha value is -5.73.